The second-order valence-electron chi connectivity index (χ2n) is 5.35. The highest BCUT2D eigenvalue weighted by molar-refractivity contribution is 5.83. The molecule has 1 atom stereocenters. The van der Waals surface area contributed by atoms with Crippen LogP contribution < -0.4 is 10.1 Å². The number of para-hydroxylation sites is 1. The Labute approximate surface area is 125 Å². The maximum absolute atomic E-state index is 11.7. The Morgan fingerprint density at radius 2 is 1.90 bits per heavy atom. The van der Waals surface area contributed by atoms with Crippen LogP contribution >= 0.6 is 0 Å². The van der Waals surface area contributed by atoms with Gasteiger partial charge in [-0.3, -0.25) is 4.79 Å². The van der Waals surface area contributed by atoms with Crippen LogP contribution in [-0.4, -0.2) is 29.6 Å². The minimum atomic E-state index is -0.988. The molecule has 0 heterocycles. The lowest BCUT2D eigenvalue weighted by atomic mass is 10.0. The number of ether oxygens (including phenoxy) is 1. The molecule has 0 aliphatic carbocycles. The Hall–Kier alpha value is -2.04. The molecule has 5 heteroatoms. The molecule has 21 heavy (non-hydrogen) atoms. The van der Waals surface area contributed by atoms with Gasteiger partial charge in [0, 0.05) is 6.42 Å². The van der Waals surface area contributed by atoms with Crippen LogP contribution in [-0.2, 0) is 9.59 Å². The zero-order chi connectivity index (χ0) is 15.7. The lowest BCUT2D eigenvalue weighted by Crippen LogP contribution is -2.41. The first-order chi connectivity index (χ1) is 9.99. The van der Waals surface area contributed by atoms with Crippen LogP contribution in [0.5, 0.6) is 5.75 Å². The minimum Gasteiger partial charge on any atom is -0.494 e. The predicted molar refractivity (Wildman–Crippen MR) is 80.2 cm³/mol. The van der Waals surface area contributed by atoms with Gasteiger partial charge >= 0.3 is 5.97 Å². The summed E-state index contributed by atoms with van der Waals surface area (Å²) in [5, 5.41) is 11.6. The highest BCUT2D eigenvalue weighted by Crippen LogP contribution is 2.09. The van der Waals surface area contributed by atoms with Crippen molar-refractivity contribution in [1.29, 1.82) is 0 Å². The number of carbonyl (C=O) groups is 2. The summed E-state index contributed by atoms with van der Waals surface area (Å²) in [5.41, 5.74) is 0. The summed E-state index contributed by atoms with van der Waals surface area (Å²) in [6, 6.07) is 8.55. The summed E-state index contributed by atoms with van der Waals surface area (Å²) >= 11 is 0. The molecule has 0 aliphatic rings. The summed E-state index contributed by atoms with van der Waals surface area (Å²) in [4.78, 5) is 22.8. The molecule has 0 saturated carbocycles. The highest BCUT2D eigenvalue weighted by Gasteiger charge is 2.20. The van der Waals surface area contributed by atoms with Gasteiger partial charge in [0.1, 0.15) is 11.8 Å². The summed E-state index contributed by atoms with van der Waals surface area (Å²) in [5.74, 6) is -0.258. The molecule has 0 aromatic heterocycles. The quantitative estimate of drug-likeness (QED) is 0.686. The first-order valence-corrected chi connectivity index (χ1v) is 7.19. The van der Waals surface area contributed by atoms with Gasteiger partial charge in [-0.25, -0.2) is 4.79 Å². The third-order valence-corrected chi connectivity index (χ3v) is 2.90. The molecule has 0 saturated heterocycles. The fourth-order valence-corrected chi connectivity index (χ4v) is 1.90. The Balaban J connectivity index is 2.25. The van der Waals surface area contributed by atoms with Crippen molar-refractivity contribution >= 4 is 11.9 Å². The van der Waals surface area contributed by atoms with Crippen LogP contribution in [0.2, 0.25) is 0 Å². The maximum Gasteiger partial charge on any atom is 0.326 e. The van der Waals surface area contributed by atoms with Crippen molar-refractivity contribution in [2.45, 2.75) is 39.2 Å². The minimum absolute atomic E-state index is 0.216. The number of carboxylic acid groups (broad SMARTS) is 1. The van der Waals surface area contributed by atoms with Crippen LogP contribution in [0.1, 0.15) is 33.1 Å². The number of hydrogen-bond acceptors (Lipinski definition) is 3. The fraction of sp³-hybridized carbons (Fsp3) is 0.500. The SMILES string of the molecule is CC(C)C[C@H](NC(=O)CCCOc1ccccc1)C(=O)O. The van der Waals surface area contributed by atoms with Crippen molar-refractivity contribution in [2.24, 2.45) is 5.92 Å². The van der Waals surface area contributed by atoms with Gasteiger partial charge in [0.15, 0.2) is 0 Å². The Morgan fingerprint density at radius 1 is 1.24 bits per heavy atom. The van der Waals surface area contributed by atoms with E-state index in [1.807, 2.05) is 44.2 Å². The standard InChI is InChI=1S/C16H23NO4/c1-12(2)11-14(16(19)20)17-15(18)9-6-10-21-13-7-4-3-5-8-13/h3-5,7-8,12,14H,6,9-11H2,1-2H3,(H,17,18)(H,19,20)/t14-/m0/s1. The summed E-state index contributed by atoms with van der Waals surface area (Å²) < 4.78 is 5.48. The molecule has 2 N–H and O–H groups in total. The first kappa shape index (κ1) is 17.0. The van der Waals surface area contributed by atoms with Crippen molar-refractivity contribution < 1.29 is 19.4 Å². The lowest BCUT2D eigenvalue weighted by molar-refractivity contribution is -0.142. The molecule has 0 bridgehead atoms. The molecule has 1 rings (SSSR count). The fourth-order valence-electron chi connectivity index (χ4n) is 1.90. The van der Waals surface area contributed by atoms with Gasteiger partial charge in [0.05, 0.1) is 6.61 Å². The number of benzene rings is 1. The van der Waals surface area contributed by atoms with Gasteiger partial charge in [-0.2, -0.15) is 0 Å². The molecule has 1 aromatic carbocycles. The lowest BCUT2D eigenvalue weighted by Gasteiger charge is -2.16. The molecular weight excluding hydrogens is 270 g/mol. The number of carbonyl (C=O) groups excluding carboxylic acids is 1. The Kier molecular flexibility index (Phi) is 7.29. The third kappa shape index (κ3) is 7.34. The summed E-state index contributed by atoms with van der Waals surface area (Å²) in [7, 11) is 0. The molecule has 0 spiro atoms. The number of rotatable bonds is 9. The van der Waals surface area contributed by atoms with E-state index >= 15 is 0 Å². The Bertz CT molecular complexity index is 445. The summed E-state index contributed by atoms with van der Waals surface area (Å²) in [6.45, 7) is 4.28. The molecule has 0 unspecified atom stereocenters. The van der Waals surface area contributed by atoms with E-state index in [2.05, 4.69) is 5.32 Å². The monoisotopic (exact) mass is 293 g/mol. The molecule has 116 valence electrons. The van der Waals surface area contributed by atoms with Crippen molar-refractivity contribution in [2.75, 3.05) is 6.61 Å². The second-order valence-corrected chi connectivity index (χ2v) is 5.35. The van der Waals surface area contributed by atoms with Crippen LogP contribution in [0.15, 0.2) is 30.3 Å². The normalized spacial score (nSPS) is 12.0. The van der Waals surface area contributed by atoms with Crippen molar-refractivity contribution in [3.8, 4) is 5.75 Å². The topological polar surface area (TPSA) is 75.6 Å². The van der Waals surface area contributed by atoms with E-state index in [4.69, 9.17) is 9.84 Å². The number of hydrogen-bond donors (Lipinski definition) is 2. The van der Waals surface area contributed by atoms with E-state index in [9.17, 15) is 9.59 Å². The molecule has 5 nitrogen and oxygen atoms in total. The van der Waals surface area contributed by atoms with Gasteiger partial charge in [-0.1, -0.05) is 32.0 Å². The zero-order valence-corrected chi connectivity index (χ0v) is 12.5. The van der Waals surface area contributed by atoms with Crippen LogP contribution in [0.3, 0.4) is 0 Å². The van der Waals surface area contributed by atoms with Crippen LogP contribution in [0, 0.1) is 5.92 Å². The Morgan fingerprint density at radius 3 is 2.48 bits per heavy atom. The van der Waals surface area contributed by atoms with Crippen molar-refractivity contribution in [3.05, 3.63) is 30.3 Å². The van der Waals surface area contributed by atoms with E-state index in [-0.39, 0.29) is 18.2 Å². The van der Waals surface area contributed by atoms with E-state index in [1.165, 1.54) is 0 Å². The average molecular weight is 293 g/mol. The van der Waals surface area contributed by atoms with Gasteiger partial charge in [-0.15, -0.1) is 0 Å². The van der Waals surface area contributed by atoms with Gasteiger partial charge in [-0.05, 0) is 30.9 Å². The van der Waals surface area contributed by atoms with Crippen LogP contribution in [0.25, 0.3) is 0 Å². The highest BCUT2D eigenvalue weighted by atomic mass is 16.5. The zero-order valence-electron chi connectivity index (χ0n) is 12.5. The average Bonchev–Trinajstić information content (AvgIpc) is 2.43. The third-order valence-electron chi connectivity index (χ3n) is 2.90. The smallest absolute Gasteiger partial charge is 0.326 e. The molecule has 0 fully saturated rings. The molecule has 1 amide bonds. The molecule has 0 radical (unpaired) electrons. The van der Waals surface area contributed by atoms with Gasteiger partial charge in [0.25, 0.3) is 0 Å². The molecule has 1 aromatic rings. The second kappa shape index (κ2) is 9.00. The van der Waals surface area contributed by atoms with Crippen molar-refractivity contribution in [3.63, 3.8) is 0 Å². The van der Waals surface area contributed by atoms with Crippen molar-refractivity contribution in [1.82, 2.24) is 5.32 Å². The number of nitrogens with one attached hydrogen (secondary N) is 1. The summed E-state index contributed by atoms with van der Waals surface area (Å²) in [6.07, 6.45) is 1.24. The van der Waals surface area contributed by atoms with E-state index in [1.54, 1.807) is 0 Å². The van der Waals surface area contributed by atoms with E-state index < -0.39 is 12.0 Å². The van der Waals surface area contributed by atoms with E-state index in [0.717, 1.165) is 5.75 Å². The largest absolute Gasteiger partial charge is 0.494 e. The molecule has 0 aliphatic heterocycles. The first-order valence-electron chi connectivity index (χ1n) is 7.19. The van der Waals surface area contributed by atoms with Gasteiger partial charge < -0.3 is 15.2 Å². The van der Waals surface area contributed by atoms with Crippen LogP contribution in [0.4, 0.5) is 0 Å². The number of aliphatic carboxylic acids is 1. The molecular formula is C16H23NO4. The van der Waals surface area contributed by atoms with Gasteiger partial charge in [0.2, 0.25) is 5.91 Å². The number of carboxylic acids is 1. The maximum atomic E-state index is 11.7. The number of amides is 1. The predicted octanol–water partition coefficient (Wildman–Crippen LogP) is 2.46. The van der Waals surface area contributed by atoms with E-state index in [0.29, 0.717) is 19.4 Å².